The fourth-order valence-corrected chi connectivity index (χ4v) is 6.33. The van der Waals surface area contributed by atoms with Crippen molar-refractivity contribution in [2.24, 2.45) is 5.92 Å². The quantitative estimate of drug-likeness (QED) is 0.312. The standard InChI is InChI=1S/C31H35ClN2O4S/c1-3-39(37,38)28-19-9-22(10-20-28)21-29(35)33-27-17-13-25(14-18-27)31(36)34(2)30(23-7-5-4-6-8-23)24-11-15-26(32)16-12-24/h9-20,23,30H,3-8,21H2,1-2H3,(H,33,35). The summed E-state index contributed by atoms with van der Waals surface area (Å²) >= 11 is 6.13. The van der Waals surface area contributed by atoms with E-state index in [1.807, 2.05) is 36.2 Å². The van der Waals surface area contributed by atoms with E-state index in [1.165, 1.54) is 31.4 Å². The van der Waals surface area contributed by atoms with Crippen molar-refractivity contribution in [1.29, 1.82) is 0 Å². The zero-order chi connectivity index (χ0) is 28.0. The van der Waals surface area contributed by atoms with Gasteiger partial charge in [-0.05, 0) is 78.4 Å². The second kappa shape index (κ2) is 12.8. The van der Waals surface area contributed by atoms with Gasteiger partial charge in [0.2, 0.25) is 5.91 Å². The monoisotopic (exact) mass is 566 g/mol. The highest BCUT2D eigenvalue weighted by molar-refractivity contribution is 7.91. The summed E-state index contributed by atoms with van der Waals surface area (Å²) in [6.45, 7) is 1.60. The number of nitrogens with one attached hydrogen (secondary N) is 1. The van der Waals surface area contributed by atoms with Crippen molar-refractivity contribution < 1.29 is 18.0 Å². The van der Waals surface area contributed by atoms with Gasteiger partial charge >= 0.3 is 0 Å². The topological polar surface area (TPSA) is 83.5 Å². The van der Waals surface area contributed by atoms with Gasteiger partial charge in [-0.3, -0.25) is 9.59 Å². The molecule has 1 atom stereocenters. The summed E-state index contributed by atoms with van der Waals surface area (Å²) in [5, 5.41) is 3.53. The highest BCUT2D eigenvalue weighted by Crippen LogP contribution is 2.38. The Balaban J connectivity index is 1.42. The van der Waals surface area contributed by atoms with Crippen LogP contribution in [0.3, 0.4) is 0 Å². The summed E-state index contributed by atoms with van der Waals surface area (Å²) in [6, 6.07) is 21.1. The van der Waals surface area contributed by atoms with E-state index in [0.29, 0.717) is 27.8 Å². The van der Waals surface area contributed by atoms with E-state index in [4.69, 9.17) is 11.6 Å². The van der Waals surface area contributed by atoms with E-state index in [-0.39, 0.29) is 34.9 Å². The Labute approximate surface area is 236 Å². The first-order valence-corrected chi connectivity index (χ1v) is 15.4. The summed E-state index contributed by atoms with van der Waals surface area (Å²) < 4.78 is 24.0. The van der Waals surface area contributed by atoms with Crippen LogP contribution in [0.5, 0.6) is 0 Å². The van der Waals surface area contributed by atoms with Crippen molar-refractivity contribution in [2.45, 2.75) is 56.4 Å². The molecule has 0 aliphatic heterocycles. The Hall–Kier alpha value is -3.16. The number of hydrogen-bond acceptors (Lipinski definition) is 4. The Morgan fingerprint density at radius 2 is 1.54 bits per heavy atom. The first kappa shape index (κ1) is 28.8. The molecule has 1 aliphatic rings. The fraction of sp³-hybridized carbons (Fsp3) is 0.355. The molecule has 0 bridgehead atoms. The van der Waals surface area contributed by atoms with Crippen LogP contribution >= 0.6 is 11.6 Å². The first-order chi connectivity index (χ1) is 18.7. The molecule has 1 unspecified atom stereocenters. The number of carbonyl (C=O) groups excluding carboxylic acids is 2. The maximum Gasteiger partial charge on any atom is 0.254 e. The zero-order valence-corrected chi connectivity index (χ0v) is 24.0. The molecule has 3 aromatic carbocycles. The number of anilines is 1. The molecule has 206 valence electrons. The van der Waals surface area contributed by atoms with Gasteiger partial charge in [0.15, 0.2) is 9.84 Å². The molecule has 8 heteroatoms. The minimum atomic E-state index is -3.28. The van der Waals surface area contributed by atoms with E-state index in [0.717, 1.165) is 18.4 Å². The normalized spacial score (nSPS) is 14.9. The molecule has 0 radical (unpaired) electrons. The molecule has 6 nitrogen and oxygen atoms in total. The second-order valence-electron chi connectivity index (χ2n) is 10.2. The van der Waals surface area contributed by atoms with Gasteiger partial charge in [-0.25, -0.2) is 8.42 Å². The molecule has 4 rings (SSSR count). The molecular formula is C31H35ClN2O4S. The molecule has 0 aromatic heterocycles. The first-order valence-electron chi connectivity index (χ1n) is 13.4. The lowest BCUT2D eigenvalue weighted by molar-refractivity contribution is -0.115. The lowest BCUT2D eigenvalue weighted by atomic mass is 9.80. The van der Waals surface area contributed by atoms with E-state index in [9.17, 15) is 18.0 Å². The van der Waals surface area contributed by atoms with Crippen LogP contribution < -0.4 is 5.32 Å². The zero-order valence-electron chi connectivity index (χ0n) is 22.4. The number of sulfone groups is 1. The van der Waals surface area contributed by atoms with Crippen LogP contribution in [-0.2, 0) is 21.1 Å². The van der Waals surface area contributed by atoms with Crippen LogP contribution in [0.2, 0.25) is 5.02 Å². The average Bonchev–Trinajstić information content (AvgIpc) is 2.95. The molecule has 39 heavy (non-hydrogen) atoms. The Bertz CT molecular complexity index is 1380. The molecule has 1 N–H and O–H groups in total. The van der Waals surface area contributed by atoms with Gasteiger partial charge in [0.05, 0.1) is 23.1 Å². The van der Waals surface area contributed by atoms with Gasteiger partial charge in [-0.2, -0.15) is 0 Å². The number of carbonyl (C=O) groups is 2. The van der Waals surface area contributed by atoms with Crippen molar-refractivity contribution >= 4 is 38.9 Å². The molecule has 2 amide bonds. The SMILES string of the molecule is CCS(=O)(=O)c1ccc(CC(=O)Nc2ccc(C(=O)N(C)C(c3ccc(Cl)cc3)C3CCCCC3)cc2)cc1. The maximum absolute atomic E-state index is 13.5. The van der Waals surface area contributed by atoms with Gasteiger partial charge in [0.25, 0.3) is 5.91 Å². The van der Waals surface area contributed by atoms with Gasteiger partial charge in [-0.1, -0.05) is 62.1 Å². The fourth-order valence-electron chi connectivity index (χ4n) is 5.32. The molecule has 0 spiro atoms. The predicted octanol–water partition coefficient (Wildman–Crippen LogP) is 6.71. The van der Waals surface area contributed by atoms with Crippen molar-refractivity contribution in [3.05, 3.63) is 94.5 Å². The van der Waals surface area contributed by atoms with Crippen molar-refractivity contribution in [1.82, 2.24) is 4.90 Å². The number of nitrogens with zero attached hydrogens (tertiary/aromatic N) is 1. The third-order valence-corrected chi connectivity index (χ3v) is 9.49. The highest BCUT2D eigenvalue weighted by Gasteiger charge is 2.31. The van der Waals surface area contributed by atoms with Crippen molar-refractivity contribution in [3.8, 4) is 0 Å². The van der Waals surface area contributed by atoms with Crippen LogP contribution in [0.25, 0.3) is 0 Å². The minimum Gasteiger partial charge on any atom is -0.334 e. The smallest absolute Gasteiger partial charge is 0.254 e. The average molecular weight is 567 g/mol. The summed E-state index contributed by atoms with van der Waals surface area (Å²) in [5.41, 5.74) is 2.95. The van der Waals surface area contributed by atoms with Crippen LogP contribution in [-0.4, -0.2) is 37.9 Å². The van der Waals surface area contributed by atoms with Gasteiger partial charge in [0.1, 0.15) is 0 Å². The van der Waals surface area contributed by atoms with Crippen LogP contribution in [0.4, 0.5) is 5.69 Å². The van der Waals surface area contributed by atoms with E-state index < -0.39 is 9.84 Å². The highest BCUT2D eigenvalue weighted by atomic mass is 35.5. The second-order valence-corrected chi connectivity index (χ2v) is 12.9. The maximum atomic E-state index is 13.5. The Kier molecular flexibility index (Phi) is 9.46. The van der Waals surface area contributed by atoms with Crippen LogP contribution in [0, 0.1) is 5.92 Å². The Morgan fingerprint density at radius 1 is 0.923 bits per heavy atom. The van der Waals surface area contributed by atoms with Crippen molar-refractivity contribution in [3.63, 3.8) is 0 Å². The molecular weight excluding hydrogens is 532 g/mol. The lowest BCUT2D eigenvalue weighted by Crippen LogP contribution is -2.36. The summed E-state index contributed by atoms with van der Waals surface area (Å²) in [5.74, 6) is 0.130. The minimum absolute atomic E-state index is 0.0312. The number of rotatable bonds is 9. The summed E-state index contributed by atoms with van der Waals surface area (Å²) in [7, 11) is -1.41. The summed E-state index contributed by atoms with van der Waals surface area (Å²) in [4.78, 5) is 28.2. The third-order valence-electron chi connectivity index (χ3n) is 7.49. The predicted molar refractivity (Wildman–Crippen MR) is 156 cm³/mol. The number of halogens is 1. The summed E-state index contributed by atoms with van der Waals surface area (Å²) in [6.07, 6.45) is 5.88. The number of amides is 2. The van der Waals surface area contributed by atoms with Crippen LogP contribution in [0.15, 0.2) is 77.7 Å². The molecule has 1 saturated carbocycles. The van der Waals surface area contributed by atoms with Gasteiger partial charge in [-0.15, -0.1) is 0 Å². The third kappa shape index (κ3) is 7.28. The molecule has 1 fully saturated rings. The lowest BCUT2D eigenvalue weighted by Gasteiger charge is -2.37. The van der Waals surface area contributed by atoms with E-state index >= 15 is 0 Å². The number of hydrogen-bond donors (Lipinski definition) is 1. The molecule has 3 aromatic rings. The van der Waals surface area contributed by atoms with E-state index in [2.05, 4.69) is 5.32 Å². The van der Waals surface area contributed by atoms with Crippen LogP contribution in [0.1, 0.15) is 66.6 Å². The molecule has 1 aliphatic carbocycles. The largest absolute Gasteiger partial charge is 0.334 e. The van der Waals surface area contributed by atoms with Gasteiger partial charge in [0, 0.05) is 23.3 Å². The Morgan fingerprint density at radius 3 is 2.13 bits per heavy atom. The van der Waals surface area contributed by atoms with Gasteiger partial charge < -0.3 is 10.2 Å². The number of benzene rings is 3. The van der Waals surface area contributed by atoms with Crippen molar-refractivity contribution in [2.75, 3.05) is 18.1 Å². The van der Waals surface area contributed by atoms with E-state index in [1.54, 1.807) is 43.3 Å². The molecule has 0 saturated heterocycles. The molecule has 0 heterocycles.